The molecule has 6 rings (SSSR count). The summed E-state index contributed by atoms with van der Waals surface area (Å²) in [7, 11) is 0. The highest BCUT2D eigenvalue weighted by molar-refractivity contribution is 5.79. The number of ether oxygens (including phenoxy) is 5. The highest BCUT2D eigenvalue weighted by Crippen LogP contribution is 2.67. The van der Waals surface area contributed by atoms with Crippen molar-refractivity contribution in [1.82, 2.24) is 0 Å². The molecular weight excluding hydrogens is 716 g/mol. The van der Waals surface area contributed by atoms with Crippen LogP contribution in [0.25, 0.3) is 0 Å². The summed E-state index contributed by atoms with van der Waals surface area (Å²) in [5.41, 5.74) is 2.24. The Balaban J connectivity index is 0.993. The molecule has 8 unspecified atom stereocenters. The molecule has 0 bridgehead atoms. The van der Waals surface area contributed by atoms with Gasteiger partial charge < -0.3 is 49.2 Å². The van der Waals surface area contributed by atoms with E-state index >= 15 is 0 Å². The molecule has 11 nitrogen and oxygen atoms in total. The van der Waals surface area contributed by atoms with E-state index in [4.69, 9.17) is 23.7 Å². The second-order valence-corrected chi connectivity index (χ2v) is 19.9. The number of ketones is 1. The molecular formula is C45H76O11. The fourth-order valence-electron chi connectivity index (χ4n) is 12.5. The third-order valence-electron chi connectivity index (χ3n) is 16.1. The topological polar surface area (TPSA) is 164 Å². The Morgan fingerprint density at radius 1 is 0.875 bits per heavy atom. The lowest BCUT2D eigenvalue weighted by atomic mass is 9.47. The maximum atomic E-state index is 13.1. The second kappa shape index (κ2) is 18.7. The summed E-state index contributed by atoms with van der Waals surface area (Å²) in [6.45, 7) is 14.9. The van der Waals surface area contributed by atoms with Gasteiger partial charge in [0.25, 0.3) is 0 Å². The van der Waals surface area contributed by atoms with Crippen LogP contribution in [-0.4, -0.2) is 113 Å². The maximum absolute atomic E-state index is 13.1. The zero-order chi connectivity index (χ0) is 40.5. The Hall–Kier alpha value is -0.990. The number of aliphatic hydroxyl groups is 5. The van der Waals surface area contributed by atoms with E-state index in [-0.39, 0.29) is 36.9 Å². The van der Waals surface area contributed by atoms with Gasteiger partial charge in [-0.2, -0.15) is 0 Å². The lowest BCUT2D eigenvalue weighted by Crippen LogP contribution is -2.61. The second-order valence-electron chi connectivity index (χ2n) is 19.9. The standard InChI is InChI=1S/C45H76O11/c1-25(2)9-8-10-26(3)33-13-14-34-32-12-11-29-21-31(15-18-44(29,6)35(32)16-19-45(33,34)7)53-24-30(48)17-20-52-40-28(5)42(51)54-37(23-47)41(40)56-43-27(4)38(49)39(50)36(22-46)55-43/h11,25-28,31-43,46-47,49-51H,8-10,12-24H2,1-7H3/t26-,27?,28?,31-,32?,33-,34?,35?,36?,37?,38-,39-,40-,41-,42?,43+,44+,45-/m1/s1. The molecule has 322 valence electrons. The summed E-state index contributed by atoms with van der Waals surface area (Å²) < 4.78 is 30.1. The Bertz CT molecular complexity index is 1320. The number of Topliss-reactive ketones (excluding diaryl/α,β-unsaturated/α-hetero) is 1. The normalized spacial score (nSPS) is 45.8. The van der Waals surface area contributed by atoms with Crippen LogP contribution in [0.1, 0.15) is 126 Å². The van der Waals surface area contributed by atoms with Gasteiger partial charge in [0, 0.05) is 18.3 Å². The molecule has 18 atom stereocenters. The van der Waals surface area contributed by atoms with Gasteiger partial charge >= 0.3 is 0 Å². The van der Waals surface area contributed by atoms with E-state index in [2.05, 4.69) is 40.7 Å². The summed E-state index contributed by atoms with van der Waals surface area (Å²) in [4.78, 5) is 13.1. The first-order valence-electron chi connectivity index (χ1n) is 22.3. The molecule has 5 fully saturated rings. The fraction of sp³-hybridized carbons (Fsp3) is 0.933. The molecule has 0 aromatic rings. The van der Waals surface area contributed by atoms with Crippen molar-refractivity contribution in [3.8, 4) is 0 Å². The van der Waals surface area contributed by atoms with Crippen LogP contribution in [0.2, 0.25) is 0 Å². The van der Waals surface area contributed by atoms with E-state index in [1.807, 2.05) is 0 Å². The largest absolute Gasteiger partial charge is 0.394 e. The molecule has 2 aliphatic heterocycles. The van der Waals surface area contributed by atoms with Gasteiger partial charge in [-0.05, 0) is 97.7 Å². The minimum absolute atomic E-state index is 0.0165. The molecule has 6 aliphatic rings. The minimum atomic E-state index is -1.29. The predicted octanol–water partition coefficient (Wildman–Crippen LogP) is 5.56. The molecule has 56 heavy (non-hydrogen) atoms. The summed E-state index contributed by atoms with van der Waals surface area (Å²) >= 11 is 0. The van der Waals surface area contributed by atoms with E-state index in [0.717, 1.165) is 54.8 Å². The summed E-state index contributed by atoms with van der Waals surface area (Å²) in [6.07, 6.45) is 7.91. The van der Waals surface area contributed by atoms with Crippen molar-refractivity contribution in [3.05, 3.63) is 11.6 Å². The van der Waals surface area contributed by atoms with Crippen LogP contribution < -0.4 is 0 Å². The van der Waals surface area contributed by atoms with Gasteiger partial charge in [-0.3, -0.25) is 4.79 Å². The Labute approximate surface area is 336 Å². The number of carbonyl (C=O) groups is 1. The van der Waals surface area contributed by atoms with Crippen molar-refractivity contribution < 1.29 is 54.0 Å². The van der Waals surface area contributed by atoms with E-state index in [0.29, 0.717) is 5.41 Å². The van der Waals surface area contributed by atoms with Gasteiger partial charge in [0.15, 0.2) is 18.4 Å². The Morgan fingerprint density at radius 3 is 2.34 bits per heavy atom. The third-order valence-corrected chi connectivity index (χ3v) is 16.1. The highest BCUT2D eigenvalue weighted by atomic mass is 16.7. The van der Waals surface area contributed by atoms with Crippen molar-refractivity contribution in [1.29, 1.82) is 0 Å². The molecule has 3 saturated carbocycles. The lowest BCUT2D eigenvalue weighted by molar-refractivity contribution is -0.343. The zero-order valence-electron chi connectivity index (χ0n) is 35.4. The van der Waals surface area contributed by atoms with Gasteiger partial charge in [-0.25, -0.2) is 0 Å². The first kappa shape index (κ1) is 44.6. The number of hydrogen-bond acceptors (Lipinski definition) is 11. The van der Waals surface area contributed by atoms with E-state index < -0.39 is 74.3 Å². The van der Waals surface area contributed by atoms with Gasteiger partial charge in [-0.15, -0.1) is 0 Å². The van der Waals surface area contributed by atoms with Crippen LogP contribution >= 0.6 is 0 Å². The predicted molar refractivity (Wildman–Crippen MR) is 211 cm³/mol. The summed E-state index contributed by atoms with van der Waals surface area (Å²) in [5.74, 6) is 3.49. The molecule has 0 amide bonds. The molecule has 0 aromatic carbocycles. The molecule has 5 N–H and O–H groups in total. The number of hydrogen-bond donors (Lipinski definition) is 5. The number of allylic oxidation sites excluding steroid dienone is 1. The van der Waals surface area contributed by atoms with Crippen molar-refractivity contribution in [3.63, 3.8) is 0 Å². The van der Waals surface area contributed by atoms with Crippen LogP contribution in [0.5, 0.6) is 0 Å². The van der Waals surface area contributed by atoms with Crippen molar-refractivity contribution in [2.24, 2.45) is 58.2 Å². The lowest BCUT2D eigenvalue weighted by Gasteiger charge is -2.58. The van der Waals surface area contributed by atoms with Gasteiger partial charge in [0.05, 0.1) is 38.1 Å². The van der Waals surface area contributed by atoms with Crippen molar-refractivity contribution in [2.75, 3.05) is 26.4 Å². The monoisotopic (exact) mass is 793 g/mol. The van der Waals surface area contributed by atoms with E-state index in [9.17, 15) is 30.3 Å². The van der Waals surface area contributed by atoms with Crippen molar-refractivity contribution >= 4 is 5.78 Å². The molecule has 0 aromatic heterocycles. The SMILES string of the molecule is CC(C)CCC[C@@H](C)[C@H]1CCC2C3CC=C4C[C@H](OCC(=O)CCO[C@@H]5C(C)C(O)OC(CO)[C@H]5O[C@@H]5OC(CO)[C@@H](O)[C@H](O)C5C)CC[C@]4(C)C3CC[C@@]21C. The molecule has 0 spiro atoms. The first-order chi connectivity index (χ1) is 26.6. The number of carbonyl (C=O) groups excluding carboxylic acids is 1. The van der Waals surface area contributed by atoms with E-state index in [1.54, 1.807) is 19.4 Å². The van der Waals surface area contributed by atoms with Crippen LogP contribution in [0.4, 0.5) is 0 Å². The smallest absolute Gasteiger partial charge is 0.163 e. The molecule has 4 aliphatic carbocycles. The van der Waals surface area contributed by atoms with Crippen molar-refractivity contribution in [2.45, 2.75) is 181 Å². The molecule has 2 saturated heterocycles. The average Bonchev–Trinajstić information content (AvgIpc) is 3.53. The van der Waals surface area contributed by atoms with Crippen LogP contribution in [0.15, 0.2) is 11.6 Å². The van der Waals surface area contributed by atoms with Gasteiger partial charge in [0.2, 0.25) is 0 Å². The minimum Gasteiger partial charge on any atom is -0.394 e. The highest BCUT2D eigenvalue weighted by Gasteiger charge is 2.59. The van der Waals surface area contributed by atoms with Crippen LogP contribution in [0, 0.1) is 58.2 Å². The van der Waals surface area contributed by atoms with Crippen LogP contribution in [-0.2, 0) is 28.5 Å². The summed E-state index contributed by atoms with van der Waals surface area (Å²) in [6, 6.07) is 0. The quantitative estimate of drug-likeness (QED) is 0.124. The van der Waals surface area contributed by atoms with Gasteiger partial charge in [0.1, 0.15) is 31.0 Å². The Morgan fingerprint density at radius 2 is 1.62 bits per heavy atom. The number of aliphatic hydroxyl groups excluding tert-OH is 5. The molecule has 11 heteroatoms. The maximum Gasteiger partial charge on any atom is 0.163 e. The number of fused-ring (bicyclic) bond motifs is 5. The zero-order valence-corrected chi connectivity index (χ0v) is 35.4. The Kier molecular flexibility index (Phi) is 14.9. The average molecular weight is 793 g/mol. The van der Waals surface area contributed by atoms with E-state index in [1.165, 1.54) is 51.4 Å². The fourth-order valence-corrected chi connectivity index (χ4v) is 12.5. The van der Waals surface area contributed by atoms with Gasteiger partial charge in [-0.1, -0.05) is 79.4 Å². The first-order valence-corrected chi connectivity index (χ1v) is 22.3. The summed E-state index contributed by atoms with van der Waals surface area (Å²) in [5, 5.41) is 51.3. The molecule has 2 heterocycles. The third kappa shape index (κ3) is 9.03. The van der Waals surface area contributed by atoms with Crippen LogP contribution in [0.3, 0.4) is 0 Å². The molecule has 0 radical (unpaired) electrons. The number of rotatable bonds is 16.